The first-order valence-corrected chi connectivity index (χ1v) is 6.61. The van der Waals surface area contributed by atoms with Crippen molar-refractivity contribution >= 4 is 33.3 Å². The smallest absolute Gasteiger partial charge is 0.339 e. The van der Waals surface area contributed by atoms with Gasteiger partial charge in [-0.2, -0.15) is 0 Å². The van der Waals surface area contributed by atoms with Crippen molar-refractivity contribution in [1.29, 1.82) is 0 Å². The highest BCUT2D eigenvalue weighted by Gasteiger charge is 2.12. The summed E-state index contributed by atoms with van der Waals surface area (Å²) in [5, 5.41) is 12.2. The number of anilines is 2. The molecule has 1 aromatic carbocycles. The van der Waals surface area contributed by atoms with Gasteiger partial charge in [-0.25, -0.2) is 4.79 Å². The number of carboxylic acid groups (broad SMARTS) is 1. The van der Waals surface area contributed by atoms with Crippen LogP contribution in [0.25, 0.3) is 0 Å². The Balaban J connectivity index is 2.39. The molecule has 20 heavy (non-hydrogen) atoms. The summed E-state index contributed by atoms with van der Waals surface area (Å²) in [6.45, 7) is 1.80. The molecule has 104 valence electrons. The highest BCUT2D eigenvalue weighted by atomic mass is 79.9. The lowest BCUT2D eigenvalue weighted by atomic mass is 10.2. The second-order valence-corrected chi connectivity index (χ2v) is 5.01. The highest BCUT2D eigenvalue weighted by molar-refractivity contribution is 9.10. The molecule has 2 N–H and O–H groups in total. The van der Waals surface area contributed by atoms with Crippen LogP contribution in [0.5, 0.6) is 5.75 Å². The predicted octanol–water partition coefficient (Wildman–Crippen LogP) is 3.60. The Hall–Kier alpha value is -2.08. The van der Waals surface area contributed by atoms with Crippen molar-refractivity contribution in [1.82, 2.24) is 4.98 Å². The van der Waals surface area contributed by atoms with Crippen LogP contribution in [0, 0.1) is 6.92 Å². The van der Waals surface area contributed by atoms with E-state index in [0.717, 1.165) is 15.9 Å². The SMILES string of the molecule is COc1cc(Nc2cc(C)ncc2C(=O)O)ccc1Br. The minimum absolute atomic E-state index is 0.123. The van der Waals surface area contributed by atoms with E-state index in [1.165, 1.54) is 6.20 Å². The molecule has 2 aromatic rings. The van der Waals surface area contributed by atoms with E-state index >= 15 is 0 Å². The average molecular weight is 337 g/mol. The molecule has 6 heteroatoms. The van der Waals surface area contributed by atoms with Crippen LogP contribution in [-0.4, -0.2) is 23.2 Å². The number of nitrogens with zero attached hydrogens (tertiary/aromatic N) is 1. The molecule has 0 radical (unpaired) electrons. The third-order valence-corrected chi connectivity index (χ3v) is 3.36. The third kappa shape index (κ3) is 3.08. The molecular weight excluding hydrogens is 324 g/mol. The maximum atomic E-state index is 11.2. The van der Waals surface area contributed by atoms with Gasteiger partial charge >= 0.3 is 5.97 Å². The fourth-order valence-electron chi connectivity index (χ4n) is 1.73. The molecule has 1 aromatic heterocycles. The number of aromatic nitrogens is 1. The molecule has 0 unspecified atom stereocenters. The topological polar surface area (TPSA) is 71.5 Å². The van der Waals surface area contributed by atoms with Gasteiger partial charge in [-0.3, -0.25) is 4.98 Å². The number of pyridine rings is 1. The van der Waals surface area contributed by atoms with Crippen molar-refractivity contribution in [3.05, 3.63) is 46.2 Å². The molecule has 0 saturated carbocycles. The van der Waals surface area contributed by atoms with Gasteiger partial charge in [-0.15, -0.1) is 0 Å². The summed E-state index contributed by atoms with van der Waals surface area (Å²) in [7, 11) is 1.57. The van der Waals surface area contributed by atoms with Crippen LogP contribution in [0.15, 0.2) is 34.9 Å². The molecule has 0 amide bonds. The molecule has 5 nitrogen and oxygen atoms in total. The fourth-order valence-corrected chi connectivity index (χ4v) is 2.14. The molecule has 0 bridgehead atoms. The minimum atomic E-state index is -1.02. The van der Waals surface area contributed by atoms with Crippen molar-refractivity contribution < 1.29 is 14.6 Å². The number of hydrogen-bond acceptors (Lipinski definition) is 4. The van der Waals surface area contributed by atoms with Crippen LogP contribution in [0.2, 0.25) is 0 Å². The van der Waals surface area contributed by atoms with E-state index in [1.807, 2.05) is 12.1 Å². The van der Waals surface area contributed by atoms with Crippen LogP contribution in [-0.2, 0) is 0 Å². The molecule has 0 aliphatic carbocycles. The Morgan fingerprint density at radius 1 is 1.40 bits per heavy atom. The number of carboxylic acids is 1. The summed E-state index contributed by atoms with van der Waals surface area (Å²) >= 11 is 3.37. The second-order valence-electron chi connectivity index (χ2n) is 4.15. The molecule has 0 spiro atoms. The Bertz CT molecular complexity index is 659. The number of carbonyl (C=O) groups is 1. The van der Waals surface area contributed by atoms with Gasteiger partial charge in [0.25, 0.3) is 0 Å². The number of methoxy groups -OCH3 is 1. The molecule has 0 fully saturated rings. The molecular formula is C14H13BrN2O3. The van der Waals surface area contributed by atoms with Crippen LogP contribution in [0.4, 0.5) is 11.4 Å². The summed E-state index contributed by atoms with van der Waals surface area (Å²) in [4.78, 5) is 15.2. The van der Waals surface area contributed by atoms with Crippen molar-refractivity contribution in [3.63, 3.8) is 0 Å². The largest absolute Gasteiger partial charge is 0.495 e. The maximum Gasteiger partial charge on any atom is 0.339 e. The van der Waals surface area contributed by atoms with Gasteiger partial charge in [-0.1, -0.05) is 0 Å². The third-order valence-electron chi connectivity index (χ3n) is 2.70. The summed E-state index contributed by atoms with van der Waals surface area (Å²) in [6.07, 6.45) is 1.34. The summed E-state index contributed by atoms with van der Waals surface area (Å²) in [5.41, 5.74) is 2.09. The number of aromatic carboxylic acids is 1. The highest BCUT2D eigenvalue weighted by Crippen LogP contribution is 2.30. The average Bonchev–Trinajstić information content (AvgIpc) is 2.40. The predicted molar refractivity (Wildman–Crippen MR) is 79.9 cm³/mol. The molecule has 1 heterocycles. The van der Waals surface area contributed by atoms with Gasteiger partial charge < -0.3 is 15.2 Å². The second kappa shape index (κ2) is 5.92. The van der Waals surface area contributed by atoms with Crippen molar-refractivity contribution in [2.24, 2.45) is 0 Å². The van der Waals surface area contributed by atoms with E-state index < -0.39 is 5.97 Å². The molecule has 0 atom stereocenters. The van der Waals surface area contributed by atoms with Crippen LogP contribution in [0.3, 0.4) is 0 Å². The Labute approximate surface area is 124 Å². The first-order valence-electron chi connectivity index (χ1n) is 5.81. The first-order chi connectivity index (χ1) is 9.51. The molecule has 0 aliphatic heterocycles. The van der Waals surface area contributed by atoms with E-state index in [-0.39, 0.29) is 5.56 Å². The van der Waals surface area contributed by atoms with Crippen molar-refractivity contribution in [2.45, 2.75) is 6.92 Å². The molecule has 2 rings (SSSR count). The van der Waals surface area contributed by atoms with Gasteiger partial charge in [0.1, 0.15) is 11.3 Å². The summed E-state index contributed by atoms with van der Waals surface area (Å²) in [5.74, 6) is -0.360. The Kier molecular flexibility index (Phi) is 4.24. The number of benzene rings is 1. The van der Waals surface area contributed by atoms with Gasteiger partial charge in [0, 0.05) is 23.6 Å². The fraction of sp³-hybridized carbons (Fsp3) is 0.143. The van der Waals surface area contributed by atoms with E-state index in [0.29, 0.717) is 11.4 Å². The van der Waals surface area contributed by atoms with Gasteiger partial charge in [0.05, 0.1) is 17.3 Å². The first kappa shape index (κ1) is 14.3. The Morgan fingerprint density at radius 2 is 2.15 bits per heavy atom. The van der Waals surface area contributed by atoms with E-state index in [1.54, 1.807) is 26.2 Å². The van der Waals surface area contributed by atoms with Gasteiger partial charge in [0.2, 0.25) is 0 Å². The summed E-state index contributed by atoms with van der Waals surface area (Å²) < 4.78 is 6.04. The van der Waals surface area contributed by atoms with Crippen molar-refractivity contribution in [3.8, 4) is 5.75 Å². The number of ether oxygens (including phenoxy) is 1. The van der Waals surface area contributed by atoms with Crippen LogP contribution < -0.4 is 10.1 Å². The van der Waals surface area contributed by atoms with E-state index in [9.17, 15) is 4.79 Å². The number of nitrogens with one attached hydrogen (secondary N) is 1. The van der Waals surface area contributed by atoms with E-state index in [2.05, 4.69) is 26.2 Å². The van der Waals surface area contributed by atoms with Gasteiger partial charge in [0.15, 0.2) is 0 Å². The number of hydrogen-bond donors (Lipinski definition) is 2. The zero-order valence-corrected chi connectivity index (χ0v) is 12.6. The zero-order chi connectivity index (χ0) is 14.7. The lowest BCUT2D eigenvalue weighted by molar-refractivity contribution is 0.0697. The van der Waals surface area contributed by atoms with Crippen LogP contribution in [0.1, 0.15) is 16.1 Å². The lowest BCUT2D eigenvalue weighted by Crippen LogP contribution is -2.04. The molecule has 0 aliphatic rings. The number of aryl methyl sites for hydroxylation is 1. The normalized spacial score (nSPS) is 10.2. The maximum absolute atomic E-state index is 11.2. The monoisotopic (exact) mass is 336 g/mol. The standard InChI is InChI=1S/C14H13BrN2O3/c1-8-5-12(10(7-16-8)14(18)19)17-9-3-4-11(15)13(6-9)20-2/h3-7H,1-2H3,(H,16,17)(H,18,19). The number of halogens is 1. The number of rotatable bonds is 4. The van der Waals surface area contributed by atoms with E-state index in [4.69, 9.17) is 9.84 Å². The minimum Gasteiger partial charge on any atom is -0.495 e. The quantitative estimate of drug-likeness (QED) is 0.892. The van der Waals surface area contributed by atoms with Crippen LogP contribution >= 0.6 is 15.9 Å². The zero-order valence-electron chi connectivity index (χ0n) is 11.0. The molecule has 0 saturated heterocycles. The van der Waals surface area contributed by atoms with Crippen molar-refractivity contribution in [2.75, 3.05) is 12.4 Å². The Morgan fingerprint density at radius 3 is 2.80 bits per heavy atom. The van der Waals surface area contributed by atoms with Gasteiger partial charge in [-0.05, 0) is 41.1 Å². The summed E-state index contributed by atoms with van der Waals surface area (Å²) in [6, 6.07) is 7.13. The lowest BCUT2D eigenvalue weighted by Gasteiger charge is -2.12.